The summed E-state index contributed by atoms with van der Waals surface area (Å²) in [7, 11) is 0. The zero-order chi connectivity index (χ0) is 39.5. The Morgan fingerprint density at radius 1 is 0.288 bits per heavy atom. The third-order valence-electron chi connectivity index (χ3n) is 11.5. The number of para-hydroxylation sites is 4. The van der Waals surface area contributed by atoms with Gasteiger partial charge >= 0.3 is 0 Å². The Balaban J connectivity index is 0.00000196. The van der Waals surface area contributed by atoms with E-state index in [4.69, 9.17) is 9.97 Å². The second-order valence-electron chi connectivity index (χ2n) is 14.6. The Morgan fingerprint density at radius 2 is 0.610 bits per heavy atom. The number of fused-ring (bicyclic) bond motifs is 9. The molecule has 4 aromatic heterocycles. The minimum Gasteiger partial charge on any atom is -0.309 e. The van der Waals surface area contributed by atoms with Crippen molar-refractivity contribution in [2.24, 2.45) is 0 Å². The summed E-state index contributed by atoms with van der Waals surface area (Å²) in [5.74, 6) is 0.634. The zero-order valence-corrected chi connectivity index (χ0v) is 32.8. The van der Waals surface area contributed by atoms with Gasteiger partial charge in [0.25, 0.3) is 0 Å². The Hall–Kier alpha value is -7.76. The third-order valence-corrected chi connectivity index (χ3v) is 11.5. The Morgan fingerprint density at radius 3 is 1.03 bits per heavy atom. The first kappa shape index (κ1) is 34.5. The smallest absolute Gasteiger partial charge is 0.235 e. The van der Waals surface area contributed by atoms with Crippen molar-refractivity contribution in [1.29, 1.82) is 0 Å². The van der Waals surface area contributed by atoms with Gasteiger partial charge in [0.2, 0.25) is 5.95 Å². The number of hydrogen-bond donors (Lipinski definition) is 0. The topological polar surface area (TPSA) is 40.6 Å². The van der Waals surface area contributed by atoms with Gasteiger partial charge in [-0.1, -0.05) is 159 Å². The van der Waals surface area contributed by atoms with Gasteiger partial charge in [-0.15, -0.1) is 0 Å². The molecule has 0 aliphatic rings. The van der Waals surface area contributed by atoms with Gasteiger partial charge in [0.15, 0.2) is 0 Å². The lowest BCUT2D eigenvalue weighted by Gasteiger charge is -2.13. The van der Waals surface area contributed by atoms with E-state index in [1.165, 1.54) is 32.6 Å². The maximum absolute atomic E-state index is 5.30. The second-order valence-corrected chi connectivity index (χ2v) is 14.6. The number of rotatable bonds is 5. The molecule has 8 aromatic carbocycles. The molecule has 5 nitrogen and oxygen atoms in total. The monoisotopic (exact) mass is 757 g/mol. The summed E-state index contributed by atoms with van der Waals surface area (Å²) < 4.78 is 7.05. The first-order valence-corrected chi connectivity index (χ1v) is 20.3. The van der Waals surface area contributed by atoms with E-state index in [-0.39, 0.29) is 0 Å². The fraction of sp³-hybridized carbons (Fsp3) is 0.0370. The van der Waals surface area contributed by atoms with Crippen LogP contribution in [0.1, 0.15) is 13.8 Å². The molecule has 0 bridgehead atoms. The molecule has 0 spiro atoms. The minimum atomic E-state index is 0.634. The van der Waals surface area contributed by atoms with Crippen LogP contribution in [0, 0.1) is 0 Å². The third kappa shape index (κ3) is 5.47. The zero-order valence-electron chi connectivity index (χ0n) is 32.8. The molecule has 0 saturated heterocycles. The molecule has 0 atom stereocenters. The Labute approximate surface area is 341 Å². The van der Waals surface area contributed by atoms with Crippen molar-refractivity contribution in [2.45, 2.75) is 13.8 Å². The summed E-state index contributed by atoms with van der Waals surface area (Å²) in [5.41, 5.74) is 12.8. The normalized spacial score (nSPS) is 11.6. The van der Waals surface area contributed by atoms with Gasteiger partial charge in [0.05, 0.1) is 44.5 Å². The highest BCUT2D eigenvalue weighted by atomic mass is 15.2. The van der Waals surface area contributed by atoms with Crippen LogP contribution in [0.4, 0.5) is 0 Å². The summed E-state index contributed by atoms with van der Waals surface area (Å²) in [4.78, 5) is 10.6. The minimum absolute atomic E-state index is 0.634. The largest absolute Gasteiger partial charge is 0.309 e. The maximum Gasteiger partial charge on any atom is 0.235 e. The predicted octanol–water partition coefficient (Wildman–Crippen LogP) is 14.1. The van der Waals surface area contributed by atoms with Gasteiger partial charge in [-0.05, 0) is 54.6 Å². The molecule has 4 heterocycles. The van der Waals surface area contributed by atoms with E-state index in [9.17, 15) is 0 Å². The molecule has 5 heteroatoms. The number of hydrogen-bond acceptors (Lipinski definition) is 2. The molecule has 0 fully saturated rings. The number of aromatic nitrogens is 5. The van der Waals surface area contributed by atoms with E-state index >= 15 is 0 Å². The molecule has 0 aliphatic carbocycles. The van der Waals surface area contributed by atoms with Gasteiger partial charge in [-0.25, -0.2) is 9.97 Å². The van der Waals surface area contributed by atoms with Gasteiger partial charge in [0.1, 0.15) is 0 Å². The van der Waals surface area contributed by atoms with E-state index in [0.29, 0.717) is 5.95 Å². The Bertz CT molecular complexity index is 3410. The highest BCUT2D eigenvalue weighted by molar-refractivity contribution is 6.13. The lowest BCUT2D eigenvalue weighted by Crippen LogP contribution is -2.04. The lowest BCUT2D eigenvalue weighted by molar-refractivity contribution is 0.994. The van der Waals surface area contributed by atoms with Gasteiger partial charge < -0.3 is 9.13 Å². The van der Waals surface area contributed by atoms with Crippen molar-refractivity contribution < 1.29 is 0 Å². The molecular formula is C54H39N5. The quantitative estimate of drug-likeness (QED) is 0.175. The van der Waals surface area contributed by atoms with Crippen molar-refractivity contribution >= 4 is 65.4 Å². The van der Waals surface area contributed by atoms with E-state index in [0.717, 1.165) is 66.7 Å². The van der Waals surface area contributed by atoms with Crippen molar-refractivity contribution in [3.05, 3.63) is 200 Å². The predicted molar refractivity (Wildman–Crippen MR) is 247 cm³/mol. The summed E-state index contributed by atoms with van der Waals surface area (Å²) in [5, 5.41) is 7.23. The first-order valence-electron chi connectivity index (χ1n) is 20.3. The van der Waals surface area contributed by atoms with Crippen LogP contribution in [0.25, 0.3) is 105 Å². The molecule has 280 valence electrons. The van der Waals surface area contributed by atoms with Crippen molar-refractivity contribution in [3.63, 3.8) is 0 Å². The average Bonchev–Trinajstić information content (AvgIpc) is 3.95. The van der Waals surface area contributed by atoms with E-state index in [1.54, 1.807) is 0 Å². The SMILES string of the molecule is CC.c1ccc(-c2cc(-c3ccccc3)nc(-n3c4ccccc4c4ccc(-n5c6ccccc6c6ccc(-n7c8ccccc8c8ccccc87)cc65)cc43)n2)cc1. The Kier molecular flexibility index (Phi) is 8.19. The summed E-state index contributed by atoms with van der Waals surface area (Å²) in [6.07, 6.45) is 0. The average molecular weight is 758 g/mol. The van der Waals surface area contributed by atoms with Crippen LogP contribution in [0.15, 0.2) is 200 Å². The molecule has 0 unspecified atom stereocenters. The fourth-order valence-electron chi connectivity index (χ4n) is 8.94. The second kappa shape index (κ2) is 14.0. The molecule has 12 rings (SSSR count). The summed E-state index contributed by atoms with van der Waals surface area (Å²) in [6, 6.07) is 71.3. The van der Waals surface area contributed by atoms with Gasteiger partial charge in [-0.2, -0.15) is 0 Å². The van der Waals surface area contributed by atoms with Crippen molar-refractivity contribution in [2.75, 3.05) is 0 Å². The van der Waals surface area contributed by atoms with Crippen LogP contribution in [0.5, 0.6) is 0 Å². The van der Waals surface area contributed by atoms with Crippen LogP contribution >= 0.6 is 0 Å². The van der Waals surface area contributed by atoms with E-state index in [2.05, 4.69) is 202 Å². The molecule has 0 aliphatic heterocycles. The van der Waals surface area contributed by atoms with Crippen LogP contribution in [0.3, 0.4) is 0 Å². The van der Waals surface area contributed by atoms with Crippen LogP contribution in [0.2, 0.25) is 0 Å². The summed E-state index contributed by atoms with van der Waals surface area (Å²) in [6.45, 7) is 4.00. The standard InChI is InChI=1S/C52H33N5.C2H6/c1-3-15-34(16-4-1)44-33-45(35-17-5-2-6-18-35)54-52(53-44)57-49-26-14-10-22-41(49)43-30-28-37(32-51(43)57)56-48-25-13-9-21-40(48)42-29-27-36(31-50(42)56)55-46-23-11-7-19-38(46)39-20-8-12-24-47(39)55;1-2/h1-33H;1-2H3. The van der Waals surface area contributed by atoms with Gasteiger partial charge in [0, 0.05) is 54.8 Å². The molecule has 0 radical (unpaired) electrons. The molecule has 12 aromatic rings. The molecule has 0 amide bonds. The van der Waals surface area contributed by atoms with Crippen LogP contribution in [-0.2, 0) is 0 Å². The number of nitrogens with zero attached hydrogens (tertiary/aromatic N) is 5. The molecule has 0 saturated carbocycles. The van der Waals surface area contributed by atoms with Crippen molar-refractivity contribution in [3.8, 4) is 39.8 Å². The first-order chi connectivity index (χ1) is 29.3. The van der Waals surface area contributed by atoms with E-state index < -0.39 is 0 Å². The van der Waals surface area contributed by atoms with Gasteiger partial charge in [-0.3, -0.25) is 4.57 Å². The molecule has 0 N–H and O–H groups in total. The highest BCUT2D eigenvalue weighted by Gasteiger charge is 2.20. The fourth-order valence-corrected chi connectivity index (χ4v) is 8.94. The summed E-state index contributed by atoms with van der Waals surface area (Å²) >= 11 is 0. The molecule has 59 heavy (non-hydrogen) atoms. The molecular weight excluding hydrogens is 719 g/mol. The van der Waals surface area contributed by atoms with Crippen molar-refractivity contribution in [1.82, 2.24) is 23.7 Å². The highest BCUT2D eigenvalue weighted by Crippen LogP contribution is 2.39. The maximum atomic E-state index is 5.30. The van der Waals surface area contributed by atoms with Crippen LogP contribution in [-0.4, -0.2) is 23.7 Å². The lowest BCUT2D eigenvalue weighted by atomic mass is 10.1. The number of benzene rings is 8. The van der Waals surface area contributed by atoms with Crippen LogP contribution < -0.4 is 0 Å². The van der Waals surface area contributed by atoms with E-state index in [1.807, 2.05) is 26.0 Å².